The third kappa shape index (κ3) is 3.61. The molecule has 0 saturated heterocycles. The minimum Gasteiger partial charge on any atom is -0.329 e. The molecule has 4 heteroatoms. The molecule has 1 atom stereocenters. The number of nitrogens with one attached hydrogen (secondary N) is 1. The van der Waals surface area contributed by atoms with Crippen molar-refractivity contribution in [2.45, 2.75) is 39.8 Å². The second-order valence-corrected chi connectivity index (χ2v) is 4.94. The number of nitrogens with two attached hydrogens (primary N) is 1. The molecule has 1 aromatic rings. The topological polar surface area (TPSA) is 55.9 Å². The molecule has 0 fully saturated rings. The predicted octanol–water partition coefficient (Wildman–Crippen LogP) is 1.71. The predicted molar refractivity (Wildman–Crippen MR) is 67.2 cm³/mol. The first kappa shape index (κ1) is 13.2. The van der Waals surface area contributed by atoms with Crippen LogP contribution in [0.25, 0.3) is 0 Å². The molecule has 0 spiro atoms. The monoisotopic (exact) mass is 224 g/mol. The van der Waals surface area contributed by atoms with Crippen molar-refractivity contribution in [1.82, 2.24) is 15.1 Å². The number of aromatic nitrogens is 2. The zero-order chi connectivity index (χ0) is 12.1. The summed E-state index contributed by atoms with van der Waals surface area (Å²) in [4.78, 5) is 0. The van der Waals surface area contributed by atoms with Gasteiger partial charge in [0.25, 0.3) is 0 Å². The lowest BCUT2D eigenvalue weighted by molar-refractivity contribution is 0.477. The van der Waals surface area contributed by atoms with Gasteiger partial charge >= 0.3 is 0 Å². The molecule has 0 saturated carbocycles. The molecule has 16 heavy (non-hydrogen) atoms. The van der Waals surface area contributed by atoms with Crippen LogP contribution in [-0.2, 0) is 0 Å². The molecule has 0 radical (unpaired) electrons. The second kappa shape index (κ2) is 6.01. The summed E-state index contributed by atoms with van der Waals surface area (Å²) >= 11 is 0. The summed E-state index contributed by atoms with van der Waals surface area (Å²) in [5.74, 6) is 0.634. The Bertz CT molecular complexity index is 304. The van der Waals surface area contributed by atoms with Crippen molar-refractivity contribution in [3.05, 3.63) is 18.0 Å². The largest absolute Gasteiger partial charge is 0.329 e. The lowest BCUT2D eigenvalue weighted by Gasteiger charge is -2.16. The fourth-order valence-electron chi connectivity index (χ4n) is 1.53. The van der Waals surface area contributed by atoms with E-state index in [0.717, 1.165) is 6.54 Å². The molecule has 1 rings (SSSR count). The van der Waals surface area contributed by atoms with Gasteiger partial charge in [-0.05, 0) is 26.3 Å². The van der Waals surface area contributed by atoms with Crippen LogP contribution in [-0.4, -0.2) is 22.9 Å². The van der Waals surface area contributed by atoms with Gasteiger partial charge in [-0.1, -0.05) is 13.8 Å². The molecular formula is C12H24N4. The lowest BCUT2D eigenvalue weighted by Crippen LogP contribution is -2.30. The molecular weight excluding hydrogens is 200 g/mol. The molecule has 0 aliphatic rings. The number of hydrogen-bond acceptors (Lipinski definition) is 3. The van der Waals surface area contributed by atoms with Crippen LogP contribution >= 0.6 is 0 Å². The van der Waals surface area contributed by atoms with Gasteiger partial charge in [0.05, 0.1) is 6.20 Å². The first-order valence-electron chi connectivity index (χ1n) is 6.02. The van der Waals surface area contributed by atoms with E-state index in [4.69, 9.17) is 5.73 Å². The number of rotatable bonds is 6. The van der Waals surface area contributed by atoms with Crippen molar-refractivity contribution in [2.24, 2.45) is 11.7 Å². The van der Waals surface area contributed by atoms with E-state index in [2.05, 4.69) is 44.3 Å². The normalized spacial score (nSPS) is 13.7. The highest BCUT2D eigenvalue weighted by Gasteiger charge is 2.12. The Balaban J connectivity index is 2.63. The Morgan fingerprint density at radius 3 is 2.50 bits per heavy atom. The fourth-order valence-corrected chi connectivity index (χ4v) is 1.53. The maximum Gasteiger partial charge on any atom is 0.0538 e. The van der Waals surface area contributed by atoms with Gasteiger partial charge in [-0.3, -0.25) is 4.68 Å². The summed E-state index contributed by atoms with van der Waals surface area (Å²) in [6.45, 7) is 10.2. The smallest absolute Gasteiger partial charge is 0.0538 e. The molecule has 0 amide bonds. The van der Waals surface area contributed by atoms with Crippen molar-refractivity contribution < 1.29 is 0 Å². The van der Waals surface area contributed by atoms with Gasteiger partial charge in [-0.25, -0.2) is 0 Å². The van der Waals surface area contributed by atoms with E-state index in [-0.39, 0.29) is 6.04 Å². The zero-order valence-corrected chi connectivity index (χ0v) is 10.8. The zero-order valence-electron chi connectivity index (χ0n) is 10.8. The summed E-state index contributed by atoms with van der Waals surface area (Å²) in [7, 11) is 0. The van der Waals surface area contributed by atoms with Gasteiger partial charge in [-0.2, -0.15) is 5.10 Å². The molecule has 0 aliphatic heterocycles. The number of nitrogens with zero attached hydrogens (tertiary/aromatic N) is 2. The van der Waals surface area contributed by atoms with Crippen LogP contribution in [0.2, 0.25) is 0 Å². The summed E-state index contributed by atoms with van der Waals surface area (Å²) in [6, 6.07) is 0.618. The van der Waals surface area contributed by atoms with Gasteiger partial charge in [0.1, 0.15) is 0 Å². The molecule has 1 unspecified atom stereocenters. The first-order chi connectivity index (χ1) is 7.54. The van der Waals surface area contributed by atoms with Crippen LogP contribution < -0.4 is 11.1 Å². The maximum absolute atomic E-state index is 5.78. The van der Waals surface area contributed by atoms with E-state index >= 15 is 0 Å². The summed E-state index contributed by atoms with van der Waals surface area (Å²) < 4.78 is 1.97. The molecule has 1 aromatic heterocycles. The van der Waals surface area contributed by atoms with E-state index in [1.165, 1.54) is 5.56 Å². The Labute approximate surface area is 98.2 Å². The van der Waals surface area contributed by atoms with E-state index in [1.807, 2.05) is 10.9 Å². The van der Waals surface area contributed by atoms with Gasteiger partial charge in [-0.15, -0.1) is 0 Å². The van der Waals surface area contributed by atoms with Gasteiger partial charge < -0.3 is 11.1 Å². The van der Waals surface area contributed by atoms with Crippen LogP contribution in [0.1, 0.15) is 45.3 Å². The second-order valence-electron chi connectivity index (χ2n) is 4.94. The molecule has 0 bridgehead atoms. The minimum absolute atomic E-state index is 0.217. The average Bonchev–Trinajstić information content (AvgIpc) is 2.67. The van der Waals surface area contributed by atoms with Crippen molar-refractivity contribution in [2.75, 3.05) is 13.1 Å². The van der Waals surface area contributed by atoms with Crippen LogP contribution in [0.5, 0.6) is 0 Å². The Morgan fingerprint density at radius 2 is 2.06 bits per heavy atom. The number of hydrogen-bond donors (Lipinski definition) is 2. The van der Waals surface area contributed by atoms with Crippen LogP contribution in [0.3, 0.4) is 0 Å². The van der Waals surface area contributed by atoms with Crippen LogP contribution in [0.15, 0.2) is 12.4 Å². The summed E-state index contributed by atoms with van der Waals surface area (Å²) in [5.41, 5.74) is 6.95. The Morgan fingerprint density at radius 1 is 1.38 bits per heavy atom. The Kier molecular flexibility index (Phi) is 4.96. The van der Waals surface area contributed by atoms with Crippen molar-refractivity contribution in [3.63, 3.8) is 0 Å². The van der Waals surface area contributed by atoms with Crippen LogP contribution in [0.4, 0.5) is 0 Å². The van der Waals surface area contributed by atoms with Crippen LogP contribution in [0, 0.1) is 5.92 Å². The molecule has 4 nitrogen and oxygen atoms in total. The Hall–Kier alpha value is -0.870. The highest BCUT2D eigenvalue weighted by Crippen LogP contribution is 2.13. The first-order valence-corrected chi connectivity index (χ1v) is 6.02. The molecule has 1 heterocycles. The van der Waals surface area contributed by atoms with Crippen molar-refractivity contribution >= 4 is 0 Å². The average molecular weight is 224 g/mol. The van der Waals surface area contributed by atoms with Gasteiger partial charge in [0.15, 0.2) is 0 Å². The third-order valence-electron chi connectivity index (χ3n) is 2.56. The third-order valence-corrected chi connectivity index (χ3v) is 2.56. The standard InChI is InChI=1S/C12H24N4/c1-9(2)6-14-12(5-13)11-7-15-16(8-11)10(3)4/h7-10,12,14H,5-6,13H2,1-4H3. The van der Waals surface area contributed by atoms with Crippen molar-refractivity contribution in [1.29, 1.82) is 0 Å². The van der Waals surface area contributed by atoms with Crippen molar-refractivity contribution in [3.8, 4) is 0 Å². The molecule has 0 aromatic carbocycles. The molecule has 3 N–H and O–H groups in total. The fraction of sp³-hybridized carbons (Fsp3) is 0.750. The molecule has 92 valence electrons. The van der Waals surface area contributed by atoms with E-state index in [1.54, 1.807) is 0 Å². The molecule has 0 aliphatic carbocycles. The van der Waals surface area contributed by atoms with E-state index in [9.17, 15) is 0 Å². The van der Waals surface area contributed by atoms with E-state index in [0.29, 0.717) is 18.5 Å². The highest BCUT2D eigenvalue weighted by molar-refractivity contribution is 5.11. The summed E-state index contributed by atoms with van der Waals surface area (Å²) in [6.07, 6.45) is 3.99. The van der Waals surface area contributed by atoms with Gasteiger partial charge in [0, 0.05) is 30.4 Å². The quantitative estimate of drug-likeness (QED) is 0.773. The van der Waals surface area contributed by atoms with Gasteiger partial charge in [0.2, 0.25) is 0 Å². The summed E-state index contributed by atoms with van der Waals surface area (Å²) in [5, 5.41) is 7.79. The lowest BCUT2D eigenvalue weighted by atomic mass is 10.1. The van der Waals surface area contributed by atoms with E-state index < -0.39 is 0 Å². The minimum atomic E-state index is 0.217. The highest BCUT2D eigenvalue weighted by atomic mass is 15.3. The SMILES string of the molecule is CC(C)CNC(CN)c1cnn(C(C)C)c1. The maximum atomic E-state index is 5.78.